The van der Waals surface area contributed by atoms with Crippen molar-refractivity contribution in [1.82, 2.24) is 10.6 Å². The van der Waals surface area contributed by atoms with Crippen molar-refractivity contribution in [3.63, 3.8) is 0 Å². The summed E-state index contributed by atoms with van der Waals surface area (Å²) < 4.78 is 5.17. The lowest BCUT2D eigenvalue weighted by Crippen LogP contribution is -2.40. The Morgan fingerprint density at radius 1 is 1.47 bits per heavy atom. The Bertz CT molecular complexity index is 412. The Morgan fingerprint density at radius 3 is 2.84 bits per heavy atom. The van der Waals surface area contributed by atoms with E-state index in [0.29, 0.717) is 30.5 Å². The van der Waals surface area contributed by atoms with E-state index in [1.165, 1.54) is 6.42 Å². The zero-order chi connectivity index (χ0) is 13.9. The van der Waals surface area contributed by atoms with Crippen LogP contribution in [0.2, 0.25) is 0 Å². The maximum absolute atomic E-state index is 11.7. The molecule has 0 aliphatic heterocycles. The van der Waals surface area contributed by atoms with Crippen molar-refractivity contribution in [3.8, 4) is 0 Å². The molecule has 1 heterocycles. The summed E-state index contributed by atoms with van der Waals surface area (Å²) in [5, 5.41) is 6.22. The molecule has 2 N–H and O–H groups in total. The Balaban J connectivity index is 1.69. The van der Waals surface area contributed by atoms with Crippen LogP contribution in [0.3, 0.4) is 0 Å². The molecule has 106 valence electrons. The van der Waals surface area contributed by atoms with Gasteiger partial charge in [0.1, 0.15) is 5.76 Å². The molecule has 19 heavy (non-hydrogen) atoms. The summed E-state index contributed by atoms with van der Waals surface area (Å²) in [7, 11) is 0. The van der Waals surface area contributed by atoms with Crippen LogP contribution < -0.4 is 10.6 Å². The molecular weight excluding hydrogens is 240 g/mol. The standard InChI is InChI=1S/C15H24N2O2/c1-11-7-15(2,3)8-13(11)16-10-14(18)17-9-12-5-4-6-19-12/h4-6,11,13,16H,7-10H2,1-3H3,(H,17,18)/t11-,13-/m0/s1. The molecule has 0 radical (unpaired) electrons. The van der Waals surface area contributed by atoms with Crippen LogP contribution in [0.5, 0.6) is 0 Å². The summed E-state index contributed by atoms with van der Waals surface area (Å²) in [6, 6.07) is 4.13. The van der Waals surface area contributed by atoms with Gasteiger partial charge in [-0.05, 0) is 36.3 Å². The fraction of sp³-hybridized carbons (Fsp3) is 0.667. The number of carbonyl (C=O) groups excluding carboxylic acids is 1. The highest BCUT2D eigenvalue weighted by molar-refractivity contribution is 5.77. The fourth-order valence-electron chi connectivity index (χ4n) is 3.05. The predicted octanol–water partition coefficient (Wildman–Crippen LogP) is 2.31. The van der Waals surface area contributed by atoms with Crippen LogP contribution in [0, 0.1) is 11.3 Å². The number of carbonyl (C=O) groups is 1. The number of rotatable bonds is 5. The van der Waals surface area contributed by atoms with Crippen LogP contribution in [-0.2, 0) is 11.3 Å². The van der Waals surface area contributed by atoms with Gasteiger partial charge in [0.2, 0.25) is 5.91 Å². The van der Waals surface area contributed by atoms with Gasteiger partial charge >= 0.3 is 0 Å². The van der Waals surface area contributed by atoms with E-state index in [9.17, 15) is 4.79 Å². The van der Waals surface area contributed by atoms with Crippen LogP contribution in [0.4, 0.5) is 0 Å². The van der Waals surface area contributed by atoms with Crippen molar-refractivity contribution in [2.45, 2.75) is 46.2 Å². The van der Waals surface area contributed by atoms with Crippen molar-refractivity contribution < 1.29 is 9.21 Å². The van der Waals surface area contributed by atoms with Gasteiger partial charge in [-0.3, -0.25) is 4.79 Å². The lowest BCUT2D eigenvalue weighted by Gasteiger charge is -2.18. The smallest absolute Gasteiger partial charge is 0.234 e. The van der Waals surface area contributed by atoms with Gasteiger partial charge in [0.25, 0.3) is 0 Å². The van der Waals surface area contributed by atoms with Crippen molar-refractivity contribution in [2.75, 3.05) is 6.54 Å². The topological polar surface area (TPSA) is 54.3 Å². The first-order valence-electron chi connectivity index (χ1n) is 6.99. The van der Waals surface area contributed by atoms with Gasteiger partial charge in [-0.15, -0.1) is 0 Å². The summed E-state index contributed by atoms with van der Waals surface area (Å²) in [6.45, 7) is 7.68. The second-order valence-electron chi connectivity index (χ2n) is 6.39. The van der Waals surface area contributed by atoms with E-state index in [2.05, 4.69) is 31.4 Å². The van der Waals surface area contributed by atoms with Gasteiger partial charge < -0.3 is 15.1 Å². The van der Waals surface area contributed by atoms with Crippen LogP contribution in [-0.4, -0.2) is 18.5 Å². The second kappa shape index (κ2) is 5.78. The molecular formula is C15H24N2O2. The summed E-state index contributed by atoms with van der Waals surface area (Å²) in [6.07, 6.45) is 3.97. The molecule has 2 rings (SSSR count). The number of furan rings is 1. The van der Waals surface area contributed by atoms with Gasteiger partial charge in [0, 0.05) is 6.04 Å². The predicted molar refractivity (Wildman–Crippen MR) is 74.5 cm³/mol. The highest BCUT2D eigenvalue weighted by Crippen LogP contribution is 2.40. The van der Waals surface area contributed by atoms with Crippen molar-refractivity contribution in [1.29, 1.82) is 0 Å². The second-order valence-corrected chi connectivity index (χ2v) is 6.39. The molecule has 1 fully saturated rings. The average Bonchev–Trinajstić information content (AvgIpc) is 2.91. The van der Waals surface area contributed by atoms with E-state index in [0.717, 1.165) is 12.2 Å². The van der Waals surface area contributed by atoms with Crippen molar-refractivity contribution >= 4 is 5.91 Å². The molecule has 0 aromatic carbocycles. The Labute approximate surface area is 114 Å². The summed E-state index contributed by atoms with van der Waals surface area (Å²) >= 11 is 0. The molecule has 0 saturated heterocycles. The number of hydrogen-bond acceptors (Lipinski definition) is 3. The third-order valence-electron chi connectivity index (χ3n) is 3.90. The van der Waals surface area contributed by atoms with Gasteiger partial charge in [-0.2, -0.15) is 0 Å². The van der Waals surface area contributed by atoms with E-state index in [4.69, 9.17) is 4.42 Å². The summed E-state index contributed by atoms with van der Waals surface area (Å²) in [4.78, 5) is 11.7. The third kappa shape index (κ3) is 4.10. The molecule has 1 aromatic rings. The Hall–Kier alpha value is -1.29. The van der Waals surface area contributed by atoms with E-state index in [1.807, 2.05) is 12.1 Å². The van der Waals surface area contributed by atoms with Gasteiger partial charge in [0.15, 0.2) is 0 Å². The minimum absolute atomic E-state index is 0.0216. The van der Waals surface area contributed by atoms with E-state index < -0.39 is 0 Å². The molecule has 4 nitrogen and oxygen atoms in total. The minimum atomic E-state index is 0.0216. The third-order valence-corrected chi connectivity index (χ3v) is 3.90. The molecule has 2 atom stereocenters. The zero-order valence-corrected chi connectivity index (χ0v) is 12.0. The highest BCUT2D eigenvalue weighted by atomic mass is 16.3. The Kier molecular flexibility index (Phi) is 4.30. The van der Waals surface area contributed by atoms with E-state index in [-0.39, 0.29) is 5.91 Å². The lowest BCUT2D eigenvalue weighted by atomic mass is 9.91. The molecule has 0 spiro atoms. The van der Waals surface area contributed by atoms with Gasteiger partial charge in [-0.25, -0.2) is 0 Å². The summed E-state index contributed by atoms with van der Waals surface area (Å²) in [5.41, 5.74) is 0.391. The van der Waals surface area contributed by atoms with Gasteiger partial charge in [-0.1, -0.05) is 20.8 Å². The van der Waals surface area contributed by atoms with E-state index in [1.54, 1.807) is 6.26 Å². The monoisotopic (exact) mass is 264 g/mol. The molecule has 1 aliphatic carbocycles. The minimum Gasteiger partial charge on any atom is -0.467 e. The molecule has 1 saturated carbocycles. The number of nitrogens with one attached hydrogen (secondary N) is 2. The molecule has 1 aromatic heterocycles. The Morgan fingerprint density at radius 2 is 2.26 bits per heavy atom. The molecule has 4 heteroatoms. The van der Waals surface area contributed by atoms with Crippen molar-refractivity contribution in [2.24, 2.45) is 11.3 Å². The maximum atomic E-state index is 11.7. The van der Waals surface area contributed by atoms with Crippen LogP contribution in [0.15, 0.2) is 22.8 Å². The van der Waals surface area contributed by atoms with Gasteiger partial charge in [0.05, 0.1) is 19.4 Å². The normalized spacial score (nSPS) is 25.4. The molecule has 1 amide bonds. The van der Waals surface area contributed by atoms with Crippen LogP contribution >= 0.6 is 0 Å². The first-order chi connectivity index (χ1) is 8.96. The molecule has 0 unspecified atom stereocenters. The van der Waals surface area contributed by atoms with Crippen LogP contribution in [0.25, 0.3) is 0 Å². The highest BCUT2D eigenvalue weighted by Gasteiger charge is 2.36. The quantitative estimate of drug-likeness (QED) is 0.858. The van der Waals surface area contributed by atoms with Crippen molar-refractivity contribution in [3.05, 3.63) is 24.2 Å². The fourth-order valence-corrected chi connectivity index (χ4v) is 3.05. The molecule has 1 aliphatic rings. The van der Waals surface area contributed by atoms with E-state index >= 15 is 0 Å². The zero-order valence-electron chi connectivity index (χ0n) is 12.0. The lowest BCUT2D eigenvalue weighted by molar-refractivity contribution is -0.120. The average molecular weight is 264 g/mol. The number of hydrogen-bond donors (Lipinski definition) is 2. The largest absolute Gasteiger partial charge is 0.467 e. The number of amides is 1. The maximum Gasteiger partial charge on any atom is 0.234 e. The first-order valence-corrected chi connectivity index (χ1v) is 6.99. The SMILES string of the molecule is C[C@H]1CC(C)(C)C[C@@H]1NCC(=O)NCc1ccco1. The molecule has 0 bridgehead atoms. The first kappa shape index (κ1) is 14.1. The van der Waals surface area contributed by atoms with Crippen LogP contribution in [0.1, 0.15) is 39.4 Å². The summed E-state index contributed by atoms with van der Waals surface area (Å²) in [5.74, 6) is 1.44.